The highest BCUT2D eigenvalue weighted by Gasteiger charge is 2.13. The van der Waals surface area contributed by atoms with E-state index in [1.54, 1.807) is 0 Å². The zero-order valence-electron chi connectivity index (χ0n) is 12.5. The number of pyridine rings is 1. The summed E-state index contributed by atoms with van der Waals surface area (Å²) >= 11 is 0. The minimum Gasteiger partial charge on any atom is -0.370 e. The summed E-state index contributed by atoms with van der Waals surface area (Å²) in [6.45, 7) is 3.56. The summed E-state index contributed by atoms with van der Waals surface area (Å²) in [7, 11) is 0. The van der Waals surface area contributed by atoms with Crippen LogP contribution in [-0.4, -0.2) is 24.6 Å². The van der Waals surface area contributed by atoms with Crippen LogP contribution in [0.25, 0.3) is 0 Å². The molecule has 0 saturated carbocycles. The van der Waals surface area contributed by atoms with Crippen molar-refractivity contribution in [3.63, 3.8) is 0 Å². The Kier molecular flexibility index (Phi) is 4.91. The molecule has 20 heavy (non-hydrogen) atoms. The molecule has 0 aromatic carbocycles. The molecule has 110 valence electrons. The van der Waals surface area contributed by atoms with Gasteiger partial charge in [-0.05, 0) is 69.2 Å². The molecule has 2 aliphatic rings. The molecule has 0 amide bonds. The minimum absolute atomic E-state index is 0.945. The van der Waals surface area contributed by atoms with Gasteiger partial charge >= 0.3 is 0 Å². The first-order chi connectivity index (χ1) is 9.92. The van der Waals surface area contributed by atoms with Gasteiger partial charge in [-0.2, -0.15) is 0 Å². The van der Waals surface area contributed by atoms with Crippen LogP contribution in [0.4, 0.5) is 5.82 Å². The average Bonchev–Trinajstić information content (AvgIpc) is 3.00. The number of hydrogen-bond acceptors (Lipinski definition) is 3. The van der Waals surface area contributed by atoms with Crippen LogP contribution in [0, 0.1) is 5.92 Å². The third-order valence-corrected chi connectivity index (χ3v) is 4.66. The summed E-state index contributed by atoms with van der Waals surface area (Å²) in [6.07, 6.45) is 10.4. The molecular formula is C17H27N3. The lowest BCUT2D eigenvalue weighted by Gasteiger charge is -2.17. The van der Waals surface area contributed by atoms with Gasteiger partial charge in [0.2, 0.25) is 0 Å². The summed E-state index contributed by atoms with van der Waals surface area (Å²) < 4.78 is 0. The van der Waals surface area contributed by atoms with Crippen molar-refractivity contribution >= 4 is 5.82 Å². The van der Waals surface area contributed by atoms with Gasteiger partial charge in [-0.25, -0.2) is 4.98 Å². The fourth-order valence-corrected chi connectivity index (χ4v) is 3.38. The Bertz CT molecular complexity index is 424. The zero-order valence-corrected chi connectivity index (χ0v) is 12.5. The third kappa shape index (κ3) is 3.72. The highest BCUT2D eigenvalue weighted by atomic mass is 15.0. The Morgan fingerprint density at radius 3 is 3.05 bits per heavy atom. The number of anilines is 1. The number of aryl methyl sites for hydroxylation is 2. The van der Waals surface area contributed by atoms with Crippen molar-refractivity contribution in [3.8, 4) is 0 Å². The largest absolute Gasteiger partial charge is 0.370 e. The number of fused-ring (bicyclic) bond motifs is 1. The molecule has 3 heteroatoms. The fraction of sp³-hybridized carbons (Fsp3) is 0.706. The molecule has 0 spiro atoms. The van der Waals surface area contributed by atoms with Crippen LogP contribution in [0.3, 0.4) is 0 Å². The van der Waals surface area contributed by atoms with Crippen molar-refractivity contribution in [2.45, 2.75) is 51.4 Å². The standard InChI is InChI=1S/C17H27N3/c1(2-5-14-10-12-18-13-14)3-7-16-9-8-15-6-4-11-19-17(15)20-16/h8-9,14,18H,1-7,10-13H2,(H,19,20). The molecule has 1 aromatic rings. The molecule has 1 fully saturated rings. The molecule has 1 saturated heterocycles. The van der Waals surface area contributed by atoms with Gasteiger partial charge in [-0.15, -0.1) is 0 Å². The predicted molar refractivity (Wildman–Crippen MR) is 84.2 cm³/mol. The van der Waals surface area contributed by atoms with Crippen LogP contribution in [-0.2, 0) is 12.8 Å². The molecule has 2 N–H and O–H groups in total. The highest BCUT2D eigenvalue weighted by molar-refractivity contribution is 5.46. The second-order valence-corrected chi connectivity index (χ2v) is 6.30. The van der Waals surface area contributed by atoms with Gasteiger partial charge < -0.3 is 10.6 Å². The molecule has 1 aromatic heterocycles. The number of nitrogens with one attached hydrogen (secondary N) is 2. The lowest BCUT2D eigenvalue weighted by Crippen LogP contribution is -2.14. The van der Waals surface area contributed by atoms with E-state index in [1.807, 2.05) is 0 Å². The number of unbranched alkanes of at least 4 members (excludes halogenated alkanes) is 2. The van der Waals surface area contributed by atoms with Crippen molar-refractivity contribution in [2.75, 3.05) is 25.0 Å². The van der Waals surface area contributed by atoms with E-state index in [4.69, 9.17) is 4.98 Å². The van der Waals surface area contributed by atoms with Crippen molar-refractivity contribution in [3.05, 3.63) is 23.4 Å². The van der Waals surface area contributed by atoms with E-state index in [1.165, 1.54) is 69.3 Å². The summed E-state index contributed by atoms with van der Waals surface area (Å²) in [4.78, 5) is 4.77. The number of nitrogens with zero attached hydrogens (tertiary/aromatic N) is 1. The van der Waals surface area contributed by atoms with Crippen molar-refractivity contribution in [1.29, 1.82) is 0 Å². The molecule has 2 aliphatic heterocycles. The van der Waals surface area contributed by atoms with E-state index in [0.29, 0.717) is 0 Å². The van der Waals surface area contributed by atoms with Crippen molar-refractivity contribution < 1.29 is 0 Å². The first-order valence-corrected chi connectivity index (χ1v) is 8.35. The lowest BCUT2D eigenvalue weighted by molar-refractivity contribution is 0.490. The lowest BCUT2D eigenvalue weighted by atomic mass is 9.99. The van der Waals surface area contributed by atoms with Crippen LogP contribution in [0.2, 0.25) is 0 Å². The maximum Gasteiger partial charge on any atom is 0.129 e. The van der Waals surface area contributed by atoms with Crippen LogP contribution in [0.5, 0.6) is 0 Å². The molecule has 1 unspecified atom stereocenters. The van der Waals surface area contributed by atoms with Crippen LogP contribution in [0.15, 0.2) is 12.1 Å². The van der Waals surface area contributed by atoms with Crippen molar-refractivity contribution in [2.24, 2.45) is 5.92 Å². The maximum atomic E-state index is 4.77. The molecular weight excluding hydrogens is 246 g/mol. The van der Waals surface area contributed by atoms with Gasteiger partial charge in [0, 0.05) is 12.2 Å². The SMILES string of the molecule is c1cc2c(nc1CCCCCC1CCNC1)NCCC2. The van der Waals surface area contributed by atoms with Gasteiger partial charge in [0.15, 0.2) is 0 Å². The second kappa shape index (κ2) is 7.07. The summed E-state index contributed by atoms with van der Waals surface area (Å²) in [6, 6.07) is 4.50. The zero-order chi connectivity index (χ0) is 13.6. The Morgan fingerprint density at radius 1 is 1.15 bits per heavy atom. The third-order valence-electron chi connectivity index (χ3n) is 4.66. The van der Waals surface area contributed by atoms with E-state index in [0.717, 1.165) is 24.7 Å². The summed E-state index contributed by atoms with van der Waals surface area (Å²) in [5.41, 5.74) is 2.66. The summed E-state index contributed by atoms with van der Waals surface area (Å²) in [5, 5.41) is 6.87. The number of rotatable bonds is 6. The van der Waals surface area contributed by atoms with Crippen LogP contribution in [0.1, 0.15) is 49.8 Å². The Labute approximate surface area is 122 Å². The maximum absolute atomic E-state index is 4.77. The van der Waals surface area contributed by atoms with E-state index in [-0.39, 0.29) is 0 Å². The van der Waals surface area contributed by atoms with Gasteiger partial charge in [-0.1, -0.05) is 18.9 Å². The van der Waals surface area contributed by atoms with Crippen molar-refractivity contribution in [1.82, 2.24) is 10.3 Å². The van der Waals surface area contributed by atoms with E-state index < -0.39 is 0 Å². The molecule has 3 heterocycles. The molecule has 1 atom stereocenters. The average molecular weight is 273 g/mol. The topological polar surface area (TPSA) is 37.0 Å². The molecule has 0 radical (unpaired) electrons. The number of hydrogen-bond donors (Lipinski definition) is 2. The van der Waals surface area contributed by atoms with Gasteiger partial charge in [0.05, 0.1) is 0 Å². The highest BCUT2D eigenvalue weighted by Crippen LogP contribution is 2.21. The summed E-state index contributed by atoms with van der Waals surface area (Å²) in [5.74, 6) is 2.09. The Morgan fingerprint density at radius 2 is 2.15 bits per heavy atom. The van der Waals surface area contributed by atoms with E-state index >= 15 is 0 Å². The first kappa shape index (κ1) is 13.9. The quantitative estimate of drug-likeness (QED) is 0.782. The van der Waals surface area contributed by atoms with E-state index in [2.05, 4.69) is 22.8 Å². The van der Waals surface area contributed by atoms with E-state index in [9.17, 15) is 0 Å². The van der Waals surface area contributed by atoms with Gasteiger partial charge in [-0.3, -0.25) is 0 Å². The first-order valence-electron chi connectivity index (χ1n) is 8.35. The molecule has 3 rings (SSSR count). The minimum atomic E-state index is 0.945. The Hall–Kier alpha value is -1.09. The van der Waals surface area contributed by atoms with Crippen LogP contribution < -0.4 is 10.6 Å². The normalized spacial score (nSPS) is 21.5. The van der Waals surface area contributed by atoms with Crippen LogP contribution >= 0.6 is 0 Å². The molecule has 0 bridgehead atoms. The molecule has 0 aliphatic carbocycles. The monoisotopic (exact) mass is 273 g/mol. The Balaban J connectivity index is 1.37. The smallest absolute Gasteiger partial charge is 0.129 e. The van der Waals surface area contributed by atoms with Gasteiger partial charge in [0.25, 0.3) is 0 Å². The second-order valence-electron chi connectivity index (χ2n) is 6.30. The fourth-order valence-electron chi connectivity index (χ4n) is 3.38. The predicted octanol–water partition coefficient (Wildman–Crippen LogP) is 3.15. The molecule has 3 nitrogen and oxygen atoms in total. The number of aromatic nitrogens is 1. The van der Waals surface area contributed by atoms with Gasteiger partial charge in [0.1, 0.15) is 5.82 Å².